The summed E-state index contributed by atoms with van der Waals surface area (Å²) in [6.45, 7) is 0.379. The van der Waals surface area contributed by atoms with Crippen molar-refractivity contribution in [3.63, 3.8) is 0 Å². The van der Waals surface area contributed by atoms with Crippen LogP contribution in [0.4, 0.5) is 0 Å². The summed E-state index contributed by atoms with van der Waals surface area (Å²) in [5.74, 6) is 1.10. The van der Waals surface area contributed by atoms with Crippen molar-refractivity contribution >= 4 is 0 Å². The van der Waals surface area contributed by atoms with Crippen LogP contribution >= 0.6 is 0 Å². The predicted octanol–water partition coefficient (Wildman–Crippen LogP) is 1.58. The van der Waals surface area contributed by atoms with Gasteiger partial charge >= 0.3 is 0 Å². The number of rotatable bonds is 4. The minimum Gasteiger partial charge on any atom is -0.334 e. The molecule has 0 aliphatic rings. The lowest BCUT2D eigenvalue weighted by Gasteiger charge is -1.97. The molecule has 0 aliphatic carbocycles. The third-order valence-electron chi connectivity index (χ3n) is 2.83. The van der Waals surface area contributed by atoms with Gasteiger partial charge in [-0.3, -0.25) is 9.97 Å². The molecule has 0 saturated heterocycles. The van der Waals surface area contributed by atoms with E-state index in [1.54, 1.807) is 18.6 Å². The van der Waals surface area contributed by atoms with Gasteiger partial charge in [0.1, 0.15) is 0 Å². The van der Waals surface area contributed by atoms with E-state index in [0.29, 0.717) is 24.7 Å². The largest absolute Gasteiger partial charge is 0.334 e. The quantitative estimate of drug-likeness (QED) is 0.771. The van der Waals surface area contributed by atoms with E-state index < -0.39 is 0 Å². The van der Waals surface area contributed by atoms with E-state index in [0.717, 1.165) is 16.8 Å². The molecule has 3 heterocycles. The number of nitrogens with zero attached hydrogens (tertiary/aromatic N) is 4. The van der Waals surface area contributed by atoms with Crippen molar-refractivity contribution in [3.05, 3.63) is 59.9 Å². The summed E-state index contributed by atoms with van der Waals surface area (Å²) in [4.78, 5) is 12.6. The Balaban J connectivity index is 1.83. The molecule has 0 fully saturated rings. The lowest BCUT2D eigenvalue weighted by Crippen LogP contribution is -1.99. The SMILES string of the molecule is NCc1cc(-c2nc(Cc3cccnc3)no2)ccn1. The maximum atomic E-state index is 5.57. The van der Waals surface area contributed by atoms with Crippen LogP contribution in [0, 0.1) is 0 Å². The highest BCUT2D eigenvalue weighted by Crippen LogP contribution is 2.18. The van der Waals surface area contributed by atoms with Gasteiger partial charge in [-0.05, 0) is 23.8 Å². The number of hydrogen-bond donors (Lipinski definition) is 1. The molecule has 0 aliphatic heterocycles. The topological polar surface area (TPSA) is 90.7 Å². The van der Waals surface area contributed by atoms with E-state index in [9.17, 15) is 0 Å². The second-order valence-corrected chi connectivity index (χ2v) is 4.29. The minimum absolute atomic E-state index is 0.379. The lowest BCUT2D eigenvalue weighted by atomic mass is 10.2. The number of nitrogens with two attached hydrogens (primary N) is 1. The molecular weight excluding hydrogens is 254 g/mol. The van der Waals surface area contributed by atoms with Gasteiger partial charge in [-0.25, -0.2) is 0 Å². The van der Waals surface area contributed by atoms with E-state index in [1.165, 1.54) is 0 Å². The average Bonchev–Trinajstić information content (AvgIpc) is 2.97. The summed E-state index contributed by atoms with van der Waals surface area (Å²) in [5.41, 5.74) is 8.22. The van der Waals surface area contributed by atoms with Crippen LogP contribution in [-0.2, 0) is 13.0 Å². The Kier molecular flexibility index (Phi) is 3.47. The van der Waals surface area contributed by atoms with Gasteiger partial charge in [0.15, 0.2) is 5.82 Å². The first-order valence-electron chi connectivity index (χ1n) is 6.22. The van der Waals surface area contributed by atoms with E-state index in [2.05, 4.69) is 20.1 Å². The van der Waals surface area contributed by atoms with Crippen molar-refractivity contribution in [1.29, 1.82) is 0 Å². The summed E-state index contributed by atoms with van der Waals surface area (Å²) in [6.07, 6.45) is 5.79. The predicted molar refractivity (Wildman–Crippen MR) is 72.5 cm³/mol. The highest BCUT2D eigenvalue weighted by molar-refractivity contribution is 5.52. The molecule has 0 saturated carbocycles. The van der Waals surface area contributed by atoms with Crippen LogP contribution in [0.5, 0.6) is 0 Å². The second kappa shape index (κ2) is 5.58. The Bertz CT molecular complexity index is 696. The van der Waals surface area contributed by atoms with Gasteiger partial charge in [0.25, 0.3) is 5.89 Å². The van der Waals surface area contributed by atoms with Crippen LogP contribution in [0.3, 0.4) is 0 Å². The first-order valence-corrected chi connectivity index (χ1v) is 6.22. The third-order valence-corrected chi connectivity index (χ3v) is 2.83. The zero-order valence-electron chi connectivity index (χ0n) is 10.7. The van der Waals surface area contributed by atoms with Crippen molar-refractivity contribution < 1.29 is 4.52 Å². The van der Waals surface area contributed by atoms with Crippen LogP contribution in [0.15, 0.2) is 47.4 Å². The molecule has 0 unspecified atom stereocenters. The normalized spacial score (nSPS) is 10.7. The summed E-state index contributed by atoms with van der Waals surface area (Å²) in [5, 5.41) is 3.98. The Labute approximate surface area is 115 Å². The van der Waals surface area contributed by atoms with Gasteiger partial charge in [-0.2, -0.15) is 4.98 Å². The standard InChI is InChI=1S/C14H13N5O/c15-8-12-7-11(3-5-17-12)14-18-13(19-20-14)6-10-2-1-4-16-9-10/h1-5,7,9H,6,8,15H2. The monoisotopic (exact) mass is 267 g/mol. The molecule has 0 amide bonds. The smallest absolute Gasteiger partial charge is 0.258 e. The zero-order valence-corrected chi connectivity index (χ0v) is 10.7. The van der Waals surface area contributed by atoms with Crippen molar-refractivity contribution in [2.24, 2.45) is 5.73 Å². The Morgan fingerprint density at radius 1 is 1.20 bits per heavy atom. The van der Waals surface area contributed by atoms with Gasteiger partial charge in [-0.15, -0.1) is 0 Å². The fourth-order valence-electron chi connectivity index (χ4n) is 1.85. The van der Waals surface area contributed by atoms with Crippen LogP contribution < -0.4 is 5.73 Å². The van der Waals surface area contributed by atoms with E-state index in [1.807, 2.05) is 24.3 Å². The van der Waals surface area contributed by atoms with Gasteiger partial charge in [0.05, 0.1) is 5.69 Å². The summed E-state index contributed by atoms with van der Waals surface area (Å²) in [6, 6.07) is 7.52. The lowest BCUT2D eigenvalue weighted by molar-refractivity contribution is 0.424. The number of hydrogen-bond acceptors (Lipinski definition) is 6. The first-order chi connectivity index (χ1) is 9.85. The molecule has 3 rings (SSSR count). The third kappa shape index (κ3) is 2.70. The fourth-order valence-corrected chi connectivity index (χ4v) is 1.85. The molecule has 100 valence electrons. The van der Waals surface area contributed by atoms with E-state index in [-0.39, 0.29) is 0 Å². The maximum absolute atomic E-state index is 5.57. The van der Waals surface area contributed by atoms with Gasteiger partial charge < -0.3 is 10.3 Å². The van der Waals surface area contributed by atoms with Gasteiger partial charge in [0, 0.05) is 37.1 Å². The van der Waals surface area contributed by atoms with Crippen molar-refractivity contribution in [3.8, 4) is 11.5 Å². The Hall–Kier alpha value is -2.60. The van der Waals surface area contributed by atoms with Gasteiger partial charge in [-0.1, -0.05) is 11.2 Å². The highest BCUT2D eigenvalue weighted by atomic mass is 16.5. The molecule has 0 radical (unpaired) electrons. The Morgan fingerprint density at radius 2 is 2.15 bits per heavy atom. The fraction of sp³-hybridized carbons (Fsp3) is 0.143. The summed E-state index contributed by atoms with van der Waals surface area (Å²) in [7, 11) is 0. The summed E-state index contributed by atoms with van der Waals surface area (Å²) >= 11 is 0. The van der Waals surface area contributed by atoms with E-state index in [4.69, 9.17) is 10.3 Å². The second-order valence-electron chi connectivity index (χ2n) is 4.29. The number of aromatic nitrogens is 4. The highest BCUT2D eigenvalue weighted by Gasteiger charge is 2.10. The van der Waals surface area contributed by atoms with Crippen LogP contribution in [0.25, 0.3) is 11.5 Å². The minimum atomic E-state index is 0.379. The van der Waals surface area contributed by atoms with E-state index >= 15 is 0 Å². The molecule has 20 heavy (non-hydrogen) atoms. The molecule has 6 nitrogen and oxygen atoms in total. The van der Waals surface area contributed by atoms with Gasteiger partial charge in [0.2, 0.25) is 0 Å². The van der Waals surface area contributed by atoms with Crippen LogP contribution in [-0.4, -0.2) is 20.1 Å². The maximum Gasteiger partial charge on any atom is 0.258 e. The molecule has 2 N–H and O–H groups in total. The summed E-state index contributed by atoms with van der Waals surface area (Å²) < 4.78 is 5.27. The molecule has 6 heteroatoms. The molecule has 0 spiro atoms. The molecule has 0 bridgehead atoms. The molecule has 0 aromatic carbocycles. The van der Waals surface area contributed by atoms with Crippen LogP contribution in [0.2, 0.25) is 0 Å². The van der Waals surface area contributed by atoms with Crippen molar-refractivity contribution in [2.75, 3.05) is 0 Å². The van der Waals surface area contributed by atoms with Crippen LogP contribution in [0.1, 0.15) is 17.1 Å². The molecular formula is C14H13N5O. The molecule has 3 aromatic heterocycles. The average molecular weight is 267 g/mol. The zero-order chi connectivity index (χ0) is 13.8. The van der Waals surface area contributed by atoms with Crippen molar-refractivity contribution in [2.45, 2.75) is 13.0 Å². The Morgan fingerprint density at radius 3 is 2.95 bits per heavy atom. The van der Waals surface area contributed by atoms with Crippen molar-refractivity contribution in [1.82, 2.24) is 20.1 Å². The molecule has 3 aromatic rings. The number of pyridine rings is 2. The molecule has 0 atom stereocenters. The first kappa shape index (κ1) is 12.4.